The minimum Gasteiger partial charge on any atom is -0.469 e. The first kappa shape index (κ1) is 26.6. The highest BCUT2D eigenvalue weighted by Gasteiger charge is 2.29. The summed E-state index contributed by atoms with van der Waals surface area (Å²) in [5.41, 5.74) is 5.93. The summed E-state index contributed by atoms with van der Waals surface area (Å²) in [5.74, 6) is -0.991. The van der Waals surface area contributed by atoms with Crippen molar-refractivity contribution in [3.8, 4) is 0 Å². The first-order chi connectivity index (χ1) is 18.9. The van der Waals surface area contributed by atoms with Crippen LogP contribution in [0, 0.1) is 5.82 Å². The Bertz CT molecular complexity index is 1400. The molecule has 1 amide bonds. The van der Waals surface area contributed by atoms with Crippen LogP contribution in [0.3, 0.4) is 0 Å². The SMILES string of the molecule is COC(=O)CCc1cccc(/C(Nc2ccc(CN3CCN(C)CC3)cc2)=C2/C(=O)Nc3cc(F)ccc32)c1. The van der Waals surface area contributed by atoms with Crippen molar-refractivity contribution in [2.45, 2.75) is 19.4 Å². The van der Waals surface area contributed by atoms with Crippen LogP contribution >= 0.6 is 0 Å². The molecule has 1 fully saturated rings. The summed E-state index contributed by atoms with van der Waals surface area (Å²) in [4.78, 5) is 29.7. The van der Waals surface area contributed by atoms with Gasteiger partial charge in [0.25, 0.3) is 5.91 Å². The molecular weight excluding hydrogens is 495 g/mol. The number of nitrogens with zero attached hydrogens (tertiary/aromatic N) is 2. The van der Waals surface area contributed by atoms with Gasteiger partial charge in [0.1, 0.15) is 5.82 Å². The Morgan fingerprint density at radius 3 is 2.51 bits per heavy atom. The molecule has 0 aliphatic carbocycles. The third-order valence-electron chi connectivity index (χ3n) is 7.26. The number of carbonyl (C=O) groups is 2. The number of halogens is 1. The molecule has 0 saturated carbocycles. The number of esters is 1. The standard InChI is InChI=1S/C31H33FN4O3/c1-35-14-16-36(17-15-35)20-22-6-10-25(11-7-22)33-30(23-5-3-4-21(18-23)8-13-28(37)39-2)29-26-12-9-24(32)19-27(26)34-31(29)38/h3-7,9-12,18-19,33H,8,13-17,20H2,1-2H3,(H,34,38)/b30-29-. The fourth-order valence-corrected chi connectivity index (χ4v) is 5.01. The number of piperazine rings is 1. The number of ether oxygens (including phenoxy) is 1. The maximum absolute atomic E-state index is 13.9. The number of likely N-dealkylation sites (N-methyl/N-ethyl adjacent to an activating group) is 1. The van der Waals surface area contributed by atoms with Gasteiger partial charge < -0.3 is 20.3 Å². The van der Waals surface area contributed by atoms with Crippen LogP contribution < -0.4 is 10.6 Å². The zero-order chi connectivity index (χ0) is 27.4. The molecule has 0 bridgehead atoms. The monoisotopic (exact) mass is 528 g/mol. The first-order valence-corrected chi connectivity index (χ1v) is 13.2. The molecule has 7 nitrogen and oxygen atoms in total. The van der Waals surface area contributed by atoms with Crippen molar-refractivity contribution in [2.24, 2.45) is 0 Å². The van der Waals surface area contributed by atoms with E-state index in [4.69, 9.17) is 4.74 Å². The van der Waals surface area contributed by atoms with Crippen LogP contribution in [0.4, 0.5) is 15.8 Å². The second-order valence-corrected chi connectivity index (χ2v) is 10.1. The Morgan fingerprint density at radius 1 is 1.00 bits per heavy atom. The van der Waals surface area contributed by atoms with E-state index < -0.39 is 5.82 Å². The van der Waals surface area contributed by atoms with Crippen molar-refractivity contribution in [3.05, 3.63) is 94.8 Å². The average molecular weight is 529 g/mol. The summed E-state index contributed by atoms with van der Waals surface area (Å²) in [6.45, 7) is 5.14. The van der Waals surface area contributed by atoms with Crippen LogP contribution in [0.25, 0.3) is 11.3 Å². The highest BCUT2D eigenvalue weighted by atomic mass is 19.1. The molecule has 202 valence electrons. The highest BCUT2D eigenvalue weighted by Crippen LogP contribution is 2.38. The van der Waals surface area contributed by atoms with Crippen molar-refractivity contribution in [3.63, 3.8) is 0 Å². The zero-order valence-corrected chi connectivity index (χ0v) is 22.3. The number of amides is 1. The molecule has 2 aliphatic rings. The molecule has 3 aromatic carbocycles. The number of hydrogen-bond donors (Lipinski definition) is 2. The van der Waals surface area contributed by atoms with Gasteiger partial charge >= 0.3 is 5.97 Å². The largest absolute Gasteiger partial charge is 0.469 e. The molecule has 0 radical (unpaired) electrons. The maximum Gasteiger partial charge on any atom is 0.305 e. The Balaban J connectivity index is 1.46. The summed E-state index contributed by atoms with van der Waals surface area (Å²) < 4.78 is 18.7. The summed E-state index contributed by atoms with van der Waals surface area (Å²) in [5, 5.41) is 6.27. The van der Waals surface area contributed by atoms with Gasteiger partial charge in [0.2, 0.25) is 0 Å². The van der Waals surface area contributed by atoms with Crippen LogP contribution in [-0.4, -0.2) is 62.0 Å². The number of benzene rings is 3. The fraction of sp³-hybridized carbons (Fsp3) is 0.290. The number of fused-ring (bicyclic) bond motifs is 1. The van der Waals surface area contributed by atoms with Gasteiger partial charge in [-0.15, -0.1) is 0 Å². The summed E-state index contributed by atoms with van der Waals surface area (Å²) in [6, 6.07) is 20.3. The Hall–Kier alpha value is -4.01. The third kappa shape index (κ3) is 6.35. The van der Waals surface area contributed by atoms with Gasteiger partial charge in [0.05, 0.1) is 24.1 Å². The molecular formula is C31H33FN4O3. The number of methoxy groups -OCH3 is 1. The van der Waals surface area contributed by atoms with Crippen LogP contribution in [0.15, 0.2) is 66.7 Å². The fourth-order valence-electron chi connectivity index (χ4n) is 5.01. The molecule has 2 aliphatic heterocycles. The van der Waals surface area contributed by atoms with E-state index in [9.17, 15) is 14.0 Å². The van der Waals surface area contributed by atoms with E-state index in [1.165, 1.54) is 24.8 Å². The number of carbonyl (C=O) groups excluding carboxylic acids is 2. The van der Waals surface area contributed by atoms with Crippen LogP contribution in [0.2, 0.25) is 0 Å². The Labute approximate surface area is 228 Å². The second kappa shape index (κ2) is 11.8. The molecule has 0 atom stereocenters. The van der Waals surface area contributed by atoms with Gasteiger partial charge in [0.15, 0.2) is 0 Å². The van der Waals surface area contributed by atoms with Crippen molar-refractivity contribution >= 4 is 34.5 Å². The molecule has 39 heavy (non-hydrogen) atoms. The van der Waals surface area contributed by atoms with Crippen molar-refractivity contribution < 1.29 is 18.7 Å². The predicted molar refractivity (Wildman–Crippen MR) is 151 cm³/mol. The summed E-state index contributed by atoms with van der Waals surface area (Å²) in [7, 11) is 3.53. The van der Waals surface area contributed by atoms with Gasteiger partial charge in [-0.2, -0.15) is 0 Å². The van der Waals surface area contributed by atoms with E-state index in [1.54, 1.807) is 6.07 Å². The van der Waals surface area contributed by atoms with Crippen molar-refractivity contribution in [1.29, 1.82) is 0 Å². The minimum atomic E-state index is -0.412. The molecule has 5 rings (SSSR count). The van der Waals surface area contributed by atoms with Gasteiger partial charge in [-0.1, -0.05) is 30.3 Å². The molecule has 2 N–H and O–H groups in total. The number of hydrogen-bond acceptors (Lipinski definition) is 6. The Kier molecular flexibility index (Phi) is 8.05. The highest BCUT2D eigenvalue weighted by molar-refractivity contribution is 6.37. The number of rotatable bonds is 8. The first-order valence-electron chi connectivity index (χ1n) is 13.2. The lowest BCUT2D eigenvalue weighted by Gasteiger charge is -2.32. The lowest BCUT2D eigenvalue weighted by molar-refractivity contribution is -0.140. The average Bonchev–Trinajstić information content (AvgIpc) is 3.27. The molecule has 2 heterocycles. The zero-order valence-electron chi connectivity index (χ0n) is 22.3. The second-order valence-electron chi connectivity index (χ2n) is 10.1. The van der Waals surface area contributed by atoms with Crippen LogP contribution in [-0.2, 0) is 27.3 Å². The van der Waals surface area contributed by atoms with E-state index in [1.807, 2.05) is 36.4 Å². The summed E-state index contributed by atoms with van der Waals surface area (Å²) >= 11 is 0. The van der Waals surface area contributed by atoms with Gasteiger partial charge in [-0.05, 0) is 66.6 Å². The number of nitrogens with one attached hydrogen (secondary N) is 2. The summed E-state index contributed by atoms with van der Waals surface area (Å²) in [6.07, 6.45) is 0.773. The molecule has 3 aromatic rings. The van der Waals surface area contributed by atoms with Crippen molar-refractivity contribution in [1.82, 2.24) is 9.80 Å². The molecule has 0 spiro atoms. The quantitative estimate of drug-likeness (QED) is 0.329. The van der Waals surface area contributed by atoms with E-state index in [0.717, 1.165) is 49.5 Å². The van der Waals surface area contributed by atoms with Gasteiger partial charge in [-0.25, -0.2) is 4.39 Å². The minimum absolute atomic E-state index is 0.261. The molecule has 0 unspecified atom stereocenters. The van der Waals surface area contributed by atoms with Crippen LogP contribution in [0.1, 0.15) is 28.7 Å². The van der Waals surface area contributed by atoms with Crippen molar-refractivity contribution in [2.75, 3.05) is 51.0 Å². The van der Waals surface area contributed by atoms with Gasteiger partial charge in [-0.3, -0.25) is 14.5 Å². The number of aryl methyl sites for hydroxylation is 1. The molecule has 0 aromatic heterocycles. The van der Waals surface area contributed by atoms with E-state index in [-0.39, 0.29) is 18.3 Å². The number of anilines is 2. The molecule has 1 saturated heterocycles. The lowest BCUT2D eigenvalue weighted by atomic mass is 9.97. The topological polar surface area (TPSA) is 73.9 Å². The third-order valence-corrected chi connectivity index (χ3v) is 7.26. The predicted octanol–water partition coefficient (Wildman–Crippen LogP) is 4.61. The normalized spacial score (nSPS) is 16.9. The van der Waals surface area contributed by atoms with E-state index in [2.05, 4.69) is 39.6 Å². The van der Waals surface area contributed by atoms with Gasteiger partial charge in [0, 0.05) is 50.4 Å². The maximum atomic E-state index is 13.9. The van der Waals surface area contributed by atoms with E-state index in [0.29, 0.717) is 28.9 Å². The van der Waals surface area contributed by atoms with Crippen LogP contribution in [0.5, 0.6) is 0 Å². The Morgan fingerprint density at radius 2 is 1.77 bits per heavy atom. The lowest BCUT2D eigenvalue weighted by Crippen LogP contribution is -2.43. The molecule has 8 heteroatoms. The smallest absolute Gasteiger partial charge is 0.305 e. The van der Waals surface area contributed by atoms with E-state index >= 15 is 0 Å².